The van der Waals surface area contributed by atoms with Crippen molar-refractivity contribution in [3.63, 3.8) is 0 Å². The zero-order valence-corrected chi connectivity index (χ0v) is 7.57. The predicted molar refractivity (Wildman–Crippen MR) is 52.8 cm³/mol. The third kappa shape index (κ3) is 2.78. The van der Waals surface area contributed by atoms with Gasteiger partial charge in [-0.05, 0) is 18.6 Å². The van der Waals surface area contributed by atoms with Gasteiger partial charge in [-0.25, -0.2) is 0 Å². The van der Waals surface area contributed by atoms with Crippen LogP contribution in [0.15, 0.2) is 23.2 Å². The van der Waals surface area contributed by atoms with Gasteiger partial charge in [0.05, 0.1) is 0 Å². The Hall–Kier alpha value is -1.51. The average Bonchev–Trinajstić information content (AvgIpc) is 2.09. The van der Waals surface area contributed by atoms with E-state index >= 15 is 0 Å². The van der Waals surface area contributed by atoms with Crippen molar-refractivity contribution in [1.82, 2.24) is 0 Å². The molecule has 0 aliphatic rings. The average molecular weight is 179 g/mol. The van der Waals surface area contributed by atoms with Crippen molar-refractivity contribution >= 4 is 11.9 Å². The van der Waals surface area contributed by atoms with Crippen LogP contribution in [0.3, 0.4) is 0 Å². The highest BCUT2D eigenvalue weighted by Gasteiger charge is 1.98. The van der Waals surface area contributed by atoms with Gasteiger partial charge in [0, 0.05) is 12.3 Å². The highest BCUT2D eigenvalue weighted by molar-refractivity contribution is 5.66. The number of aliphatic imine (C=N–C) groups is 1. The van der Waals surface area contributed by atoms with Gasteiger partial charge in [-0.1, -0.05) is 13.3 Å². The van der Waals surface area contributed by atoms with Crippen molar-refractivity contribution in [3.8, 4) is 11.5 Å². The van der Waals surface area contributed by atoms with E-state index in [9.17, 15) is 5.11 Å². The minimum absolute atomic E-state index is 0.00681. The van der Waals surface area contributed by atoms with E-state index in [0.717, 1.165) is 12.8 Å². The van der Waals surface area contributed by atoms with Gasteiger partial charge < -0.3 is 10.2 Å². The Morgan fingerprint density at radius 1 is 1.38 bits per heavy atom. The molecule has 0 aliphatic heterocycles. The summed E-state index contributed by atoms with van der Waals surface area (Å²) in [5, 5.41) is 18.3. The molecule has 0 saturated carbocycles. The first-order valence-corrected chi connectivity index (χ1v) is 4.28. The smallest absolute Gasteiger partial charge is 0.144 e. The molecular weight excluding hydrogens is 166 g/mol. The molecule has 13 heavy (non-hydrogen) atoms. The van der Waals surface area contributed by atoms with Crippen molar-refractivity contribution in [2.24, 2.45) is 4.99 Å². The number of hydrogen-bond donors (Lipinski definition) is 2. The molecular formula is C10H13NO2. The fourth-order valence-corrected chi connectivity index (χ4v) is 0.913. The van der Waals surface area contributed by atoms with Crippen LogP contribution >= 0.6 is 0 Å². The second-order valence-corrected chi connectivity index (χ2v) is 2.77. The van der Waals surface area contributed by atoms with Gasteiger partial charge >= 0.3 is 0 Å². The first-order chi connectivity index (χ1) is 6.24. The van der Waals surface area contributed by atoms with Gasteiger partial charge in [0.1, 0.15) is 17.2 Å². The van der Waals surface area contributed by atoms with Crippen LogP contribution in [0.2, 0.25) is 0 Å². The molecule has 1 rings (SSSR count). The number of benzene rings is 1. The summed E-state index contributed by atoms with van der Waals surface area (Å²) in [6, 6.07) is 4.35. The van der Waals surface area contributed by atoms with Gasteiger partial charge in [-0.3, -0.25) is 4.99 Å². The fraction of sp³-hybridized carbons (Fsp3) is 0.300. The Morgan fingerprint density at radius 3 is 2.77 bits per heavy atom. The molecule has 0 atom stereocenters. The summed E-state index contributed by atoms with van der Waals surface area (Å²) < 4.78 is 0. The molecule has 0 radical (unpaired) electrons. The van der Waals surface area contributed by atoms with E-state index in [4.69, 9.17) is 5.11 Å². The van der Waals surface area contributed by atoms with E-state index in [-0.39, 0.29) is 11.5 Å². The standard InChI is InChI=1S/C10H13NO2/c1-2-3-6-11-9-5-4-8(12)7-10(9)13/h4-7,12-13H,2-3H2,1H3. The second kappa shape index (κ2) is 4.50. The number of nitrogens with zero attached hydrogens (tertiary/aromatic N) is 1. The Labute approximate surface area is 77.4 Å². The van der Waals surface area contributed by atoms with E-state index in [1.807, 2.05) is 0 Å². The number of phenols is 2. The van der Waals surface area contributed by atoms with E-state index < -0.39 is 0 Å². The van der Waals surface area contributed by atoms with Crippen molar-refractivity contribution in [1.29, 1.82) is 0 Å². The Morgan fingerprint density at radius 2 is 2.15 bits per heavy atom. The molecule has 0 aliphatic carbocycles. The molecule has 0 fully saturated rings. The molecule has 0 saturated heterocycles. The maximum atomic E-state index is 9.32. The van der Waals surface area contributed by atoms with E-state index in [0.29, 0.717) is 5.69 Å². The van der Waals surface area contributed by atoms with E-state index in [1.165, 1.54) is 12.1 Å². The van der Waals surface area contributed by atoms with Crippen LogP contribution in [0, 0.1) is 0 Å². The lowest BCUT2D eigenvalue weighted by molar-refractivity contribution is 0.451. The third-order valence-corrected chi connectivity index (χ3v) is 1.61. The summed E-state index contributed by atoms with van der Waals surface area (Å²) in [6.45, 7) is 2.06. The predicted octanol–water partition coefficient (Wildman–Crippen LogP) is 2.60. The molecule has 0 bridgehead atoms. The maximum absolute atomic E-state index is 9.32. The van der Waals surface area contributed by atoms with Crippen LogP contribution in [0.5, 0.6) is 11.5 Å². The topological polar surface area (TPSA) is 52.8 Å². The van der Waals surface area contributed by atoms with Crippen molar-refractivity contribution in [2.45, 2.75) is 19.8 Å². The summed E-state index contributed by atoms with van der Waals surface area (Å²) >= 11 is 0. The highest BCUT2D eigenvalue weighted by Crippen LogP contribution is 2.29. The zero-order chi connectivity index (χ0) is 9.68. The summed E-state index contributed by atoms with van der Waals surface area (Å²) in [4.78, 5) is 4.05. The summed E-state index contributed by atoms with van der Waals surface area (Å²) in [5.41, 5.74) is 0.492. The highest BCUT2D eigenvalue weighted by atomic mass is 16.3. The van der Waals surface area contributed by atoms with E-state index in [1.54, 1.807) is 12.3 Å². The number of unbranched alkanes of at least 4 members (excludes halogenated alkanes) is 1. The van der Waals surface area contributed by atoms with Crippen LogP contribution < -0.4 is 0 Å². The van der Waals surface area contributed by atoms with Crippen molar-refractivity contribution in [3.05, 3.63) is 18.2 Å². The molecule has 3 nitrogen and oxygen atoms in total. The molecule has 2 N–H and O–H groups in total. The monoisotopic (exact) mass is 179 g/mol. The minimum atomic E-state index is 0.00681. The van der Waals surface area contributed by atoms with Gasteiger partial charge in [0.15, 0.2) is 0 Å². The summed E-state index contributed by atoms with van der Waals surface area (Å²) in [5.74, 6) is 0.0549. The molecule has 0 aromatic heterocycles. The summed E-state index contributed by atoms with van der Waals surface area (Å²) in [7, 11) is 0. The van der Waals surface area contributed by atoms with Crippen molar-refractivity contribution < 1.29 is 10.2 Å². The van der Waals surface area contributed by atoms with Crippen molar-refractivity contribution in [2.75, 3.05) is 0 Å². The minimum Gasteiger partial charge on any atom is -0.508 e. The molecule has 70 valence electrons. The zero-order valence-electron chi connectivity index (χ0n) is 7.57. The van der Waals surface area contributed by atoms with Crippen LogP contribution in [-0.4, -0.2) is 16.4 Å². The van der Waals surface area contributed by atoms with E-state index in [2.05, 4.69) is 11.9 Å². The lowest BCUT2D eigenvalue weighted by Crippen LogP contribution is -1.73. The van der Waals surface area contributed by atoms with Crippen LogP contribution in [-0.2, 0) is 0 Å². The van der Waals surface area contributed by atoms with Gasteiger partial charge in [0.25, 0.3) is 0 Å². The SMILES string of the molecule is CCCC=Nc1ccc(O)cc1O. The van der Waals surface area contributed by atoms with Gasteiger partial charge in [0.2, 0.25) is 0 Å². The molecule has 3 heteroatoms. The Bertz CT molecular complexity index is 308. The lowest BCUT2D eigenvalue weighted by atomic mass is 10.3. The largest absolute Gasteiger partial charge is 0.508 e. The molecule has 0 unspecified atom stereocenters. The molecule has 1 aromatic carbocycles. The molecule has 0 heterocycles. The number of hydrogen-bond acceptors (Lipinski definition) is 3. The number of aromatic hydroxyl groups is 2. The first-order valence-electron chi connectivity index (χ1n) is 4.28. The fourth-order valence-electron chi connectivity index (χ4n) is 0.913. The third-order valence-electron chi connectivity index (χ3n) is 1.61. The quantitative estimate of drug-likeness (QED) is 0.701. The Balaban J connectivity index is 2.77. The first kappa shape index (κ1) is 9.58. The van der Waals surface area contributed by atoms with Crippen LogP contribution in [0.1, 0.15) is 19.8 Å². The molecule has 0 amide bonds. The summed E-state index contributed by atoms with van der Waals surface area (Å²) in [6.07, 6.45) is 3.68. The van der Waals surface area contributed by atoms with Gasteiger partial charge in [-0.15, -0.1) is 0 Å². The molecule has 1 aromatic rings. The van der Waals surface area contributed by atoms with Crippen LogP contribution in [0.4, 0.5) is 5.69 Å². The Kier molecular flexibility index (Phi) is 3.31. The lowest BCUT2D eigenvalue weighted by Gasteiger charge is -1.98. The number of rotatable bonds is 3. The van der Waals surface area contributed by atoms with Gasteiger partial charge in [-0.2, -0.15) is 0 Å². The second-order valence-electron chi connectivity index (χ2n) is 2.77. The normalized spacial score (nSPS) is 10.8. The maximum Gasteiger partial charge on any atom is 0.144 e. The van der Waals surface area contributed by atoms with Crippen LogP contribution in [0.25, 0.3) is 0 Å². The molecule has 0 spiro atoms. The number of phenolic OH excluding ortho intramolecular Hbond substituents is 2.